The van der Waals surface area contributed by atoms with E-state index in [2.05, 4.69) is 13.0 Å². The number of carboxylic acid groups (broad SMARTS) is 1. The molecule has 0 fully saturated rings. The standard InChI is InChI=1S/C19H28O2/c1-2-3-4-5-6-9-14-19(18(20)21)15-10-12-16-11-7-8-13-17(16)19/h7-8,11,13H,2-6,9-10,12,14-15H2,1H3,(H,20,21). The van der Waals surface area contributed by atoms with E-state index in [9.17, 15) is 9.90 Å². The monoisotopic (exact) mass is 288 g/mol. The molecule has 0 aromatic heterocycles. The molecule has 1 aromatic rings. The minimum Gasteiger partial charge on any atom is -0.481 e. The Morgan fingerprint density at radius 1 is 1.14 bits per heavy atom. The van der Waals surface area contributed by atoms with Gasteiger partial charge in [-0.3, -0.25) is 4.79 Å². The first-order valence-electron chi connectivity index (χ1n) is 8.52. The topological polar surface area (TPSA) is 37.3 Å². The van der Waals surface area contributed by atoms with Gasteiger partial charge in [-0.25, -0.2) is 0 Å². The van der Waals surface area contributed by atoms with Crippen LogP contribution in [-0.2, 0) is 16.6 Å². The number of carboxylic acids is 1. The highest BCUT2D eigenvalue weighted by Crippen LogP contribution is 2.41. The highest BCUT2D eigenvalue weighted by atomic mass is 16.4. The van der Waals surface area contributed by atoms with E-state index >= 15 is 0 Å². The molecule has 1 aliphatic rings. The predicted molar refractivity (Wildman–Crippen MR) is 86.7 cm³/mol. The van der Waals surface area contributed by atoms with E-state index in [1.165, 1.54) is 31.2 Å². The van der Waals surface area contributed by atoms with Gasteiger partial charge in [0.25, 0.3) is 0 Å². The Morgan fingerprint density at radius 3 is 2.62 bits per heavy atom. The van der Waals surface area contributed by atoms with Gasteiger partial charge in [0.15, 0.2) is 0 Å². The minimum absolute atomic E-state index is 0.622. The van der Waals surface area contributed by atoms with E-state index in [-0.39, 0.29) is 0 Å². The number of unbranched alkanes of at least 4 members (excludes halogenated alkanes) is 5. The van der Waals surface area contributed by atoms with Crippen LogP contribution in [0.2, 0.25) is 0 Å². The second-order valence-electron chi connectivity index (χ2n) is 6.42. The van der Waals surface area contributed by atoms with Crippen molar-refractivity contribution < 1.29 is 9.90 Å². The number of aliphatic carboxylic acids is 1. The zero-order valence-electron chi connectivity index (χ0n) is 13.2. The van der Waals surface area contributed by atoms with Crippen LogP contribution in [0.15, 0.2) is 24.3 Å². The maximum absolute atomic E-state index is 12.0. The first-order valence-corrected chi connectivity index (χ1v) is 8.52. The van der Waals surface area contributed by atoms with Gasteiger partial charge in [-0.15, -0.1) is 0 Å². The van der Waals surface area contributed by atoms with Crippen LogP contribution in [-0.4, -0.2) is 11.1 Å². The van der Waals surface area contributed by atoms with Crippen molar-refractivity contribution >= 4 is 5.97 Å². The fourth-order valence-electron chi connectivity index (χ4n) is 3.72. The van der Waals surface area contributed by atoms with E-state index < -0.39 is 11.4 Å². The number of hydrogen-bond acceptors (Lipinski definition) is 1. The molecule has 0 bridgehead atoms. The molecule has 0 spiro atoms. The first kappa shape index (κ1) is 16.1. The number of hydrogen-bond donors (Lipinski definition) is 1. The molecule has 2 rings (SSSR count). The van der Waals surface area contributed by atoms with E-state index in [1.54, 1.807) is 0 Å². The van der Waals surface area contributed by atoms with Gasteiger partial charge in [0.2, 0.25) is 0 Å². The summed E-state index contributed by atoms with van der Waals surface area (Å²) in [5.41, 5.74) is 1.70. The van der Waals surface area contributed by atoms with Crippen molar-refractivity contribution in [1.29, 1.82) is 0 Å². The van der Waals surface area contributed by atoms with Crippen LogP contribution < -0.4 is 0 Å². The first-order chi connectivity index (χ1) is 10.2. The molecule has 21 heavy (non-hydrogen) atoms. The molecule has 1 N–H and O–H groups in total. The minimum atomic E-state index is -0.625. The van der Waals surface area contributed by atoms with Crippen LogP contribution in [0.25, 0.3) is 0 Å². The summed E-state index contributed by atoms with van der Waals surface area (Å²) >= 11 is 0. The van der Waals surface area contributed by atoms with Gasteiger partial charge in [-0.2, -0.15) is 0 Å². The van der Waals surface area contributed by atoms with Gasteiger partial charge in [0, 0.05) is 0 Å². The molecule has 0 radical (unpaired) electrons. The zero-order chi connectivity index (χ0) is 15.1. The smallest absolute Gasteiger partial charge is 0.314 e. The average Bonchev–Trinajstić information content (AvgIpc) is 2.50. The van der Waals surface area contributed by atoms with Gasteiger partial charge in [0.1, 0.15) is 0 Å². The average molecular weight is 288 g/mol. The molecular formula is C19H28O2. The van der Waals surface area contributed by atoms with Crippen molar-refractivity contribution in [1.82, 2.24) is 0 Å². The van der Waals surface area contributed by atoms with Gasteiger partial charge >= 0.3 is 5.97 Å². The maximum Gasteiger partial charge on any atom is 0.314 e. The quantitative estimate of drug-likeness (QED) is 0.676. The number of benzene rings is 1. The molecule has 0 heterocycles. The van der Waals surface area contributed by atoms with Gasteiger partial charge in [-0.05, 0) is 36.8 Å². The van der Waals surface area contributed by atoms with E-state index in [1.807, 2.05) is 18.2 Å². The molecule has 2 heteroatoms. The zero-order valence-corrected chi connectivity index (χ0v) is 13.2. The second kappa shape index (κ2) is 7.63. The number of aryl methyl sites for hydroxylation is 1. The lowest BCUT2D eigenvalue weighted by Gasteiger charge is -2.35. The summed E-state index contributed by atoms with van der Waals surface area (Å²) in [5, 5.41) is 9.88. The highest BCUT2D eigenvalue weighted by molar-refractivity contribution is 5.82. The molecule has 1 aromatic carbocycles. The highest BCUT2D eigenvalue weighted by Gasteiger charge is 2.42. The summed E-state index contributed by atoms with van der Waals surface area (Å²) in [6.45, 7) is 2.22. The lowest BCUT2D eigenvalue weighted by molar-refractivity contribution is -0.145. The molecule has 116 valence electrons. The van der Waals surface area contributed by atoms with Crippen molar-refractivity contribution in [3.8, 4) is 0 Å². The second-order valence-corrected chi connectivity index (χ2v) is 6.42. The lowest BCUT2D eigenvalue weighted by Crippen LogP contribution is -2.39. The third-order valence-electron chi connectivity index (χ3n) is 4.95. The Balaban J connectivity index is 2.03. The van der Waals surface area contributed by atoms with Crippen LogP contribution in [0.1, 0.15) is 75.8 Å². The van der Waals surface area contributed by atoms with Crippen LogP contribution in [0.4, 0.5) is 0 Å². The van der Waals surface area contributed by atoms with Crippen LogP contribution in [0.5, 0.6) is 0 Å². The Bertz CT molecular complexity index is 466. The van der Waals surface area contributed by atoms with Crippen molar-refractivity contribution in [3.05, 3.63) is 35.4 Å². The van der Waals surface area contributed by atoms with Crippen molar-refractivity contribution in [3.63, 3.8) is 0 Å². The molecule has 0 saturated carbocycles. The third-order valence-corrected chi connectivity index (χ3v) is 4.95. The van der Waals surface area contributed by atoms with Crippen LogP contribution in [0, 0.1) is 0 Å². The Morgan fingerprint density at radius 2 is 1.86 bits per heavy atom. The fraction of sp³-hybridized carbons (Fsp3) is 0.632. The molecule has 0 aliphatic heterocycles. The molecular weight excluding hydrogens is 260 g/mol. The fourth-order valence-corrected chi connectivity index (χ4v) is 3.72. The molecule has 1 unspecified atom stereocenters. The summed E-state index contributed by atoms with van der Waals surface area (Å²) in [6.07, 6.45) is 10.9. The number of carbonyl (C=O) groups is 1. The number of rotatable bonds is 8. The van der Waals surface area contributed by atoms with Crippen LogP contribution in [0.3, 0.4) is 0 Å². The Kier molecular flexibility index (Phi) is 5.84. The largest absolute Gasteiger partial charge is 0.481 e. The lowest BCUT2D eigenvalue weighted by atomic mass is 9.67. The van der Waals surface area contributed by atoms with Gasteiger partial charge in [0.05, 0.1) is 5.41 Å². The summed E-state index contributed by atoms with van der Waals surface area (Å²) in [4.78, 5) is 12.0. The third kappa shape index (κ3) is 3.66. The Hall–Kier alpha value is -1.31. The molecule has 0 amide bonds. The molecule has 1 aliphatic carbocycles. The van der Waals surface area contributed by atoms with E-state index in [4.69, 9.17) is 0 Å². The van der Waals surface area contributed by atoms with E-state index in [0.29, 0.717) is 0 Å². The maximum atomic E-state index is 12.0. The summed E-state index contributed by atoms with van der Waals surface area (Å²) in [6, 6.07) is 8.16. The Labute approximate surface area is 128 Å². The van der Waals surface area contributed by atoms with Crippen LogP contribution >= 0.6 is 0 Å². The predicted octanol–water partition coefficient (Wildman–Crippen LogP) is 5.10. The number of fused-ring (bicyclic) bond motifs is 1. The molecule has 1 atom stereocenters. The molecule has 2 nitrogen and oxygen atoms in total. The van der Waals surface area contributed by atoms with E-state index in [0.717, 1.165) is 44.1 Å². The SMILES string of the molecule is CCCCCCCCC1(C(=O)O)CCCc2ccccc21. The summed E-state index contributed by atoms with van der Waals surface area (Å²) in [7, 11) is 0. The normalized spacial score (nSPS) is 21.0. The van der Waals surface area contributed by atoms with Crippen molar-refractivity contribution in [2.45, 2.75) is 76.5 Å². The van der Waals surface area contributed by atoms with Gasteiger partial charge < -0.3 is 5.11 Å². The van der Waals surface area contributed by atoms with Gasteiger partial charge in [-0.1, -0.05) is 69.7 Å². The summed E-state index contributed by atoms with van der Waals surface area (Å²) < 4.78 is 0. The van der Waals surface area contributed by atoms with Crippen molar-refractivity contribution in [2.75, 3.05) is 0 Å². The van der Waals surface area contributed by atoms with Crippen molar-refractivity contribution in [2.24, 2.45) is 0 Å². The molecule has 0 saturated heterocycles. The summed E-state index contributed by atoms with van der Waals surface area (Å²) in [5.74, 6) is -0.622.